The normalized spacial score (nSPS) is 20.8. The van der Waals surface area contributed by atoms with Gasteiger partial charge < -0.3 is 11.3 Å². The molecule has 6 heteroatoms. The molecule has 2 aromatic carbocycles. The van der Waals surface area contributed by atoms with Gasteiger partial charge in [0.1, 0.15) is 0 Å². The summed E-state index contributed by atoms with van der Waals surface area (Å²) in [5.41, 5.74) is 6.16. The Labute approximate surface area is 328 Å². The minimum absolute atomic E-state index is 0. The number of hydrogen-bond acceptors (Lipinski definition) is 2. The summed E-state index contributed by atoms with van der Waals surface area (Å²) in [6.45, 7) is 0. The summed E-state index contributed by atoms with van der Waals surface area (Å²) in [7, 11) is 8.75. The van der Waals surface area contributed by atoms with Crippen LogP contribution in [0.5, 0.6) is 0 Å². The summed E-state index contributed by atoms with van der Waals surface area (Å²) in [4.78, 5) is 6.87. The Kier molecular flexibility index (Phi) is 22.7. The molecular formula is C43H57ClFeN2PPd+2. The molecule has 5 aliphatic carbocycles. The van der Waals surface area contributed by atoms with Crippen molar-refractivity contribution in [2.75, 3.05) is 19.0 Å². The monoisotopic (exact) mass is 829 g/mol. The average Bonchev–Trinajstić information content (AvgIpc) is 3.92. The Balaban J connectivity index is 0.000000255. The Morgan fingerprint density at radius 2 is 1.16 bits per heavy atom. The van der Waals surface area contributed by atoms with Crippen LogP contribution in [0.3, 0.4) is 0 Å². The van der Waals surface area contributed by atoms with E-state index >= 15 is 0 Å². The van der Waals surface area contributed by atoms with Gasteiger partial charge in [-0.25, -0.2) is 0 Å². The smallest absolute Gasteiger partial charge is 2.00 e. The zero-order valence-electron chi connectivity index (χ0n) is 29.6. The minimum Gasteiger partial charge on any atom is 2.00 e. The van der Waals surface area contributed by atoms with Crippen LogP contribution >= 0.6 is 17.5 Å². The number of aliphatic imine (C=N–C) groups is 1. The van der Waals surface area contributed by atoms with E-state index in [-0.39, 0.29) is 25.0 Å². The van der Waals surface area contributed by atoms with Crippen molar-refractivity contribution >= 4 is 34.7 Å². The van der Waals surface area contributed by atoms with Gasteiger partial charge in [0.25, 0.3) is 0 Å². The Hall–Kier alpha value is -0.188. The number of hydrogen-bond donors (Lipinski definition) is 0. The third kappa shape index (κ3) is 14.6. The van der Waals surface area contributed by atoms with Gasteiger partial charge in [0.2, 0.25) is 0 Å². The Morgan fingerprint density at radius 1 is 0.673 bits per heavy atom. The van der Waals surface area contributed by atoms with E-state index in [2.05, 4.69) is 126 Å². The molecule has 5 aliphatic rings. The summed E-state index contributed by atoms with van der Waals surface area (Å²) >= 11 is 2.22. The Bertz CT molecular complexity index is 1120. The van der Waals surface area contributed by atoms with Crippen molar-refractivity contribution in [2.24, 2.45) is 4.99 Å². The quantitative estimate of drug-likeness (QED) is 0.117. The molecule has 9 radical (unpaired) electrons. The van der Waals surface area contributed by atoms with E-state index < -0.39 is 0 Å². The molecule has 0 aliphatic heterocycles. The number of para-hydroxylation sites is 1. The zero-order chi connectivity index (χ0) is 33.8. The number of halogens is 1. The first-order valence-electron chi connectivity index (χ1n) is 18.4. The van der Waals surface area contributed by atoms with Gasteiger partial charge in [-0.2, -0.15) is 6.42 Å². The van der Waals surface area contributed by atoms with E-state index in [0.717, 1.165) is 11.3 Å². The molecule has 2 nitrogen and oxygen atoms in total. The van der Waals surface area contributed by atoms with Crippen LogP contribution < -0.4 is 10.2 Å². The maximum Gasteiger partial charge on any atom is 2.00 e. The van der Waals surface area contributed by atoms with Gasteiger partial charge in [0.05, 0.1) is 0 Å². The SMILES string of the molecule is CN(C)c1ccccc1-c1ccccc1P(C1CCCCC1)C1CCCCC1.[CH]1[CH][CH-][C](C=NC2CCCCC2)[CH]1.[CH]1[CH][CH][CH][CH]1.[Cl][Pd+].[Fe+2]. The van der Waals surface area contributed by atoms with Gasteiger partial charge in [0, 0.05) is 31.4 Å². The minimum atomic E-state index is -0.0867. The van der Waals surface area contributed by atoms with Crippen LogP contribution in [0, 0.1) is 63.7 Å². The second kappa shape index (κ2) is 25.7. The van der Waals surface area contributed by atoms with E-state index in [1.165, 1.54) is 119 Å². The number of rotatable bonds is 7. The Morgan fingerprint density at radius 3 is 1.67 bits per heavy atom. The van der Waals surface area contributed by atoms with Gasteiger partial charge in [-0.05, 0) is 105 Å². The van der Waals surface area contributed by atoms with Crippen molar-refractivity contribution in [2.45, 2.75) is 114 Å². The van der Waals surface area contributed by atoms with E-state index in [1.807, 2.05) is 38.3 Å². The van der Waals surface area contributed by atoms with Crippen LogP contribution in [0.25, 0.3) is 11.1 Å². The molecule has 7 rings (SSSR count). The van der Waals surface area contributed by atoms with Crippen LogP contribution in [0.2, 0.25) is 0 Å². The number of benzene rings is 2. The molecule has 0 N–H and O–H groups in total. The molecule has 49 heavy (non-hydrogen) atoms. The molecule has 0 heterocycles. The molecule has 0 aromatic heterocycles. The average molecular weight is 831 g/mol. The molecular weight excluding hydrogens is 773 g/mol. The predicted molar refractivity (Wildman–Crippen MR) is 210 cm³/mol. The van der Waals surface area contributed by atoms with Crippen molar-refractivity contribution < 1.29 is 35.2 Å². The van der Waals surface area contributed by atoms with Gasteiger partial charge in [0.15, 0.2) is 0 Å². The van der Waals surface area contributed by atoms with Gasteiger partial charge >= 0.3 is 44.8 Å². The molecule has 0 bridgehead atoms. The van der Waals surface area contributed by atoms with Crippen molar-refractivity contribution in [3.8, 4) is 11.1 Å². The fourth-order valence-electron chi connectivity index (χ4n) is 7.65. The summed E-state index contributed by atoms with van der Waals surface area (Å²) < 4.78 is 0. The first-order valence-corrected chi connectivity index (χ1v) is 21.9. The summed E-state index contributed by atoms with van der Waals surface area (Å²) in [6.07, 6.45) is 41.6. The topological polar surface area (TPSA) is 15.6 Å². The molecule has 5 saturated carbocycles. The van der Waals surface area contributed by atoms with Crippen LogP contribution in [0.4, 0.5) is 5.69 Å². The van der Waals surface area contributed by atoms with Gasteiger partial charge in [-0.1, -0.05) is 121 Å². The van der Waals surface area contributed by atoms with Gasteiger partial charge in [-0.15, -0.1) is 5.92 Å². The second-order valence-electron chi connectivity index (χ2n) is 13.7. The zero-order valence-corrected chi connectivity index (χ0v) is 33.9. The molecule has 0 spiro atoms. The van der Waals surface area contributed by atoms with Gasteiger partial charge in [-0.3, -0.25) is 4.99 Å². The molecule has 2 aromatic rings. The molecule has 0 saturated heterocycles. The fraction of sp³-hybridized carbons (Fsp3) is 0.465. The number of anilines is 1. The van der Waals surface area contributed by atoms with Crippen molar-refractivity contribution in [1.29, 1.82) is 0 Å². The maximum atomic E-state index is 4.60. The van der Waals surface area contributed by atoms with Crippen molar-refractivity contribution in [3.63, 3.8) is 0 Å². The van der Waals surface area contributed by atoms with Crippen molar-refractivity contribution in [3.05, 3.63) is 112 Å². The molecule has 267 valence electrons. The van der Waals surface area contributed by atoms with E-state index in [9.17, 15) is 0 Å². The largest absolute Gasteiger partial charge is 2.00 e. The van der Waals surface area contributed by atoms with Crippen LogP contribution in [-0.2, 0) is 35.2 Å². The van der Waals surface area contributed by atoms with Crippen LogP contribution in [0.15, 0.2) is 53.5 Å². The first kappa shape index (κ1) is 43.2. The number of nitrogens with zero attached hydrogens (tertiary/aromatic N) is 2. The van der Waals surface area contributed by atoms with E-state index in [0.29, 0.717) is 6.04 Å². The molecule has 0 atom stereocenters. The molecule has 0 unspecified atom stereocenters. The van der Waals surface area contributed by atoms with Crippen LogP contribution in [0.1, 0.15) is 96.3 Å². The fourth-order valence-corrected chi connectivity index (χ4v) is 11.6. The van der Waals surface area contributed by atoms with Crippen molar-refractivity contribution in [1.82, 2.24) is 0 Å². The summed E-state index contributed by atoms with van der Waals surface area (Å²) in [6, 6.07) is 19.0. The third-order valence-corrected chi connectivity index (χ3v) is 13.6. The second-order valence-corrected chi connectivity index (χ2v) is 16.4. The molecule has 5 fully saturated rings. The standard InChI is InChI=1S/C26H36NP.C12H16N.C5H5.ClH.Fe.Pd/c1-27(2)25-19-11-9-17-23(25)24-18-10-12-20-26(24)28(21-13-5-3-6-14-21)22-15-7-4-8-16-22;1-2-8-12(9-3-1)13-10-11-6-4-5-7-11;1-2-4-5-3-1;;;/h9-12,17-22H,3-8,13-16H2,1-2H3;4-7,10,12H,1-3,8-9H2;1-5H;1H;;/q;-1;;;2*+2/p-1. The molecule has 0 amide bonds. The van der Waals surface area contributed by atoms with E-state index in [1.54, 1.807) is 5.30 Å². The predicted octanol–water partition coefficient (Wildman–Crippen LogP) is 11.7. The third-order valence-electron chi connectivity index (χ3n) is 10.0. The summed E-state index contributed by atoms with van der Waals surface area (Å²) in [5.74, 6) is 1.24. The van der Waals surface area contributed by atoms with Crippen LogP contribution in [-0.4, -0.2) is 37.7 Å². The van der Waals surface area contributed by atoms with E-state index in [4.69, 9.17) is 0 Å². The summed E-state index contributed by atoms with van der Waals surface area (Å²) in [5, 5.41) is 1.70. The first-order chi connectivity index (χ1) is 23.7. The maximum absolute atomic E-state index is 4.60.